The first-order valence-corrected chi connectivity index (χ1v) is 15.0. The first-order valence-electron chi connectivity index (χ1n) is 14.2. The number of aromatic nitrogens is 3. The summed E-state index contributed by atoms with van der Waals surface area (Å²) in [7, 11) is 0. The number of pyridine rings is 1. The molecule has 5 aromatic rings. The molecule has 9 nitrogen and oxygen atoms in total. The average molecular weight is 632 g/mol. The zero-order valence-corrected chi connectivity index (χ0v) is 24.6. The molecule has 7 rings (SSSR count). The fraction of sp³-hybridized carbons (Fsp3) is 0.219. The quantitative estimate of drug-likeness (QED) is 0.212. The van der Waals surface area contributed by atoms with E-state index in [9.17, 15) is 22.8 Å². The van der Waals surface area contributed by atoms with Crippen molar-refractivity contribution in [3.05, 3.63) is 105 Å². The van der Waals surface area contributed by atoms with Gasteiger partial charge in [0.05, 0.1) is 33.4 Å². The zero-order valence-electron chi connectivity index (χ0n) is 23.8. The Kier molecular flexibility index (Phi) is 7.32. The van der Waals surface area contributed by atoms with Crippen LogP contribution in [0.25, 0.3) is 21.9 Å². The topological polar surface area (TPSA) is 110 Å². The molecular formula is C32H24F3N5O4S. The van der Waals surface area contributed by atoms with Crippen LogP contribution in [0.2, 0.25) is 0 Å². The molecule has 0 bridgehead atoms. The fourth-order valence-corrected chi connectivity index (χ4v) is 6.70. The molecule has 5 heterocycles. The predicted molar refractivity (Wildman–Crippen MR) is 157 cm³/mol. The molecule has 1 atom stereocenters. The average Bonchev–Trinajstić information content (AvgIpc) is 3.84. The van der Waals surface area contributed by atoms with Crippen LogP contribution in [0, 0.1) is 24.4 Å². The minimum Gasteiger partial charge on any atom is -0.487 e. The second-order valence-electron chi connectivity index (χ2n) is 10.7. The Morgan fingerprint density at radius 2 is 1.87 bits per heavy atom. The van der Waals surface area contributed by atoms with Crippen molar-refractivity contribution < 1.29 is 31.9 Å². The maximum Gasteiger partial charge on any atom is 0.261 e. The third-order valence-electron chi connectivity index (χ3n) is 7.79. The number of hydrogen-bond donors (Lipinski definition) is 1. The van der Waals surface area contributed by atoms with E-state index in [1.54, 1.807) is 24.0 Å². The summed E-state index contributed by atoms with van der Waals surface area (Å²) in [5, 5.41) is 11.0. The van der Waals surface area contributed by atoms with E-state index in [0.29, 0.717) is 61.6 Å². The molecule has 2 aliphatic heterocycles. The van der Waals surface area contributed by atoms with Gasteiger partial charge in [0, 0.05) is 30.5 Å². The minimum absolute atomic E-state index is 0.0135. The number of amides is 2. The Morgan fingerprint density at radius 1 is 1.04 bits per heavy atom. The van der Waals surface area contributed by atoms with E-state index < -0.39 is 23.4 Å². The molecule has 2 amide bonds. The Morgan fingerprint density at radius 3 is 2.62 bits per heavy atom. The lowest BCUT2D eigenvalue weighted by Crippen LogP contribution is -2.23. The Bertz CT molecular complexity index is 1960. The van der Waals surface area contributed by atoms with Crippen LogP contribution in [0.4, 0.5) is 13.2 Å². The number of carbonyl (C=O) groups is 2. The van der Waals surface area contributed by atoms with Crippen LogP contribution >= 0.6 is 11.3 Å². The summed E-state index contributed by atoms with van der Waals surface area (Å²) in [5.74, 6) is -2.11. The molecule has 13 heteroatoms. The van der Waals surface area contributed by atoms with Gasteiger partial charge in [-0.1, -0.05) is 6.07 Å². The number of thiophene rings is 1. The number of halogens is 3. The summed E-state index contributed by atoms with van der Waals surface area (Å²) < 4.78 is 52.4. The third-order valence-corrected chi connectivity index (χ3v) is 8.89. The molecule has 3 aromatic heterocycles. The Labute approximate surface area is 258 Å². The Balaban J connectivity index is 1.31. The summed E-state index contributed by atoms with van der Waals surface area (Å²) in [6.07, 6.45) is 1.60. The van der Waals surface area contributed by atoms with Crippen molar-refractivity contribution in [2.75, 3.05) is 6.54 Å². The van der Waals surface area contributed by atoms with E-state index in [4.69, 9.17) is 14.1 Å². The maximum atomic E-state index is 13.9. The van der Waals surface area contributed by atoms with Gasteiger partial charge in [0.15, 0.2) is 11.6 Å². The number of carbonyl (C=O) groups excluding carboxylic acids is 2. The summed E-state index contributed by atoms with van der Waals surface area (Å²) >= 11 is 1.15. The predicted octanol–water partition coefficient (Wildman–Crippen LogP) is 6.39. The van der Waals surface area contributed by atoms with Gasteiger partial charge in [-0.05, 0) is 66.9 Å². The molecule has 2 aromatic carbocycles. The van der Waals surface area contributed by atoms with Crippen LogP contribution in [-0.4, -0.2) is 38.4 Å². The van der Waals surface area contributed by atoms with Crippen LogP contribution in [0.1, 0.15) is 61.8 Å². The molecule has 1 fully saturated rings. The van der Waals surface area contributed by atoms with E-state index in [1.807, 2.05) is 0 Å². The molecule has 0 radical (unpaired) electrons. The van der Waals surface area contributed by atoms with Gasteiger partial charge in [-0.25, -0.2) is 13.2 Å². The molecule has 1 N–H and O–H groups in total. The number of aryl methyl sites for hydroxylation is 1. The molecular weight excluding hydrogens is 607 g/mol. The summed E-state index contributed by atoms with van der Waals surface area (Å²) in [6, 6.07) is 12.2. The zero-order chi connectivity index (χ0) is 31.2. The van der Waals surface area contributed by atoms with Gasteiger partial charge in [0.2, 0.25) is 11.8 Å². The first kappa shape index (κ1) is 28.7. The maximum absolute atomic E-state index is 13.9. The molecule has 1 saturated heterocycles. The molecule has 2 aliphatic rings. The SMILES string of the molecule is Cc1nnc(-c2c(COc3ccc(F)cc3)nc3c(c2-c2ccc(C(=O)NCc4ccc(F)c(F)c4)s2)C(=O)N2CCC[C@H]32)o1. The highest BCUT2D eigenvalue weighted by Gasteiger charge is 2.45. The van der Waals surface area contributed by atoms with Crippen molar-refractivity contribution in [2.24, 2.45) is 0 Å². The third kappa shape index (κ3) is 5.33. The van der Waals surface area contributed by atoms with E-state index >= 15 is 0 Å². The van der Waals surface area contributed by atoms with Gasteiger partial charge >= 0.3 is 0 Å². The molecule has 0 unspecified atom stereocenters. The highest BCUT2D eigenvalue weighted by atomic mass is 32.1. The van der Waals surface area contributed by atoms with E-state index in [2.05, 4.69) is 15.5 Å². The van der Waals surface area contributed by atoms with Crippen molar-refractivity contribution in [2.45, 2.75) is 39.0 Å². The van der Waals surface area contributed by atoms with Gasteiger partial charge in [-0.3, -0.25) is 14.6 Å². The monoisotopic (exact) mass is 631 g/mol. The van der Waals surface area contributed by atoms with Gasteiger partial charge in [0.1, 0.15) is 18.2 Å². The fourth-order valence-electron chi connectivity index (χ4n) is 5.72. The molecule has 0 saturated carbocycles. The minimum atomic E-state index is -1.00. The van der Waals surface area contributed by atoms with Gasteiger partial charge < -0.3 is 19.4 Å². The number of ether oxygens (including phenoxy) is 1. The molecule has 0 aliphatic carbocycles. The lowest BCUT2D eigenvalue weighted by Gasteiger charge is -2.16. The second kappa shape index (κ2) is 11.5. The summed E-state index contributed by atoms with van der Waals surface area (Å²) in [5.41, 5.74) is 2.77. The van der Waals surface area contributed by atoms with Crippen molar-refractivity contribution in [1.29, 1.82) is 0 Å². The number of nitrogens with one attached hydrogen (secondary N) is 1. The lowest BCUT2D eigenvalue weighted by molar-refractivity contribution is 0.0776. The lowest BCUT2D eigenvalue weighted by atomic mass is 9.95. The van der Waals surface area contributed by atoms with Crippen molar-refractivity contribution >= 4 is 23.2 Å². The van der Waals surface area contributed by atoms with Crippen LogP contribution in [0.15, 0.2) is 59.0 Å². The van der Waals surface area contributed by atoms with Gasteiger partial charge in [-0.2, -0.15) is 0 Å². The summed E-state index contributed by atoms with van der Waals surface area (Å²) in [4.78, 5) is 34.7. The van der Waals surface area contributed by atoms with Crippen LogP contribution < -0.4 is 10.1 Å². The van der Waals surface area contributed by atoms with Gasteiger partial charge in [0.25, 0.3) is 11.8 Å². The highest BCUT2D eigenvalue weighted by molar-refractivity contribution is 7.17. The molecule has 0 spiro atoms. The van der Waals surface area contributed by atoms with Crippen LogP contribution in [0.3, 0.4) is 0 Å². The van der Waals surface area contributed by atoms with Crippen LogP contribution in [0.5, 0.6) is 5.75 Å². The number of rotatable bonds is 8. The second-order valence-corrected chi connectivity index (χ2v) is 11.8. The van der Waals surface area contributed by atoms with E-state index in [1.165, 1.54) is 30.3 Å². The van der Waals surface area contributed by atoms with E-state index in [0.717, 1.165) is 36.3 Å². The smallest absolute Gasteiger partial charge is 0.261 e. The first-order chi connectivity index (χ1) is 21.8. The number of fused-ring (bicyclic) bond motifs is 3. The van der Waals surface area contributed by atoms with Crippen LogP contribution in [-0.2, 0) is 13.2 Å². The van der Waals surface area contributed by atoms with Crippen molar-refractivity contribution in [1.82, 2.24) is 25.4 Å². The Hall–Kier alpha value is -5.04. The number of hydrogen-bond acceptors (Lipinski definition) is 8. The van der Waals surface area contributed by atoms with E-state index in [-0.39, 0.29) is 31.0 Å². The largest absolute Gasteiger partial charge is 0.487 e. The molecule has 228 valence electrons. The number of nitrogens with zero attached hydrogens (tertiary/aromatic N) is 4. The van der Waals surface area contributed by atoms with Crippen molar-refractivity contribution in [3.8, 4) is 27.6 Å². The highest BCUT2D eigenvalue weighted by Crippen LogP contribution is 2.49. The summed E-state index contributed by atoms with van der Waals surface area (Å²) in [6.45, 7) is 2.18. The normalized spacial score (nSPS) is 15.3. The molecule has 45 heavy (non-hydrogen) atoms. The standard InChI is InChI=1S/C32H24F3N5O4S/c1-16-38-39-31(44-16)26-22(15-43-19-7-5-18(33)6-8-19)37-29-23-3-2-12-40(23)32(42)28(29)27(26)24-10-11-25(45-24)30(41)36-14-17-4-9-20(34)21(35)13-17/h4-11,13,23H,2-3,12,14-15H2,1H3,(H,36,41)/t23-/m1/s1. The number of benzene rings is 2. The van der Waals surface area contributed by atoms with Crippen molar-refractivity contribution in [3.63, 3.8) is 0 Å². The van der Waals surface area contributed by atoms with Gasteiger partial charge in [-0.15, -0.1) is 21.5 Å².